The van der Waals surface area contributed by atoms with Gasteiger partial charge in [0.1, 0.15) is 6.04 Å². The van der Waals surface area contributed by atoms with Crippen LogP contribution in [0.25, 0.3) is 0 Å². The molecule has 4 heterocycles. The molecule has 2 bridgehead atoms. The number of piperidine rings is 3. The van der Waals surface area contributed by atoms with Crippen LogP contribution in [0.3, 0.4) is 0 Å². The normalized spacial score (nSPS) is 27.5. The highest BCUT2D eigenvalue weighted by Gasteiger charge is 2.46. The van der Waals surface area contributed by atoms with E-state index in [0.29, 0.717) is 12.0 Å². The molecule has 1 aromatic heterocycles. The minimum absolute atomic E-state index is 0.0254. The van der Waals surface area contributed by atoms with Crippen molar-refractivity contribution in [3.63, 3.8) is 0 Å². The Morgan fingerprint density at radius 2 is 2.07 bits per heavy atom. The van der Waals surface area contributed by atoms with Crippen LogP contribution in [0.4, 0.5) is 5.69 Å². The van der Waals surface area contributed by atoms with Gasteiger partial charge >= 0.3 is 0 Å². The molecule has 4 atom stereocenters. The predicted octanol–water partition coefficient (Wildman–Crippen LogP) is 1.51. The summed E-state index contributed by atoms with van der Waals surface area (Å²) in [6.45, 7) is 9.46. The lowest BCUT2D eigenvalue weighted by Gasteiger charge is -2.46. The summed E-state index contributed by atoms with van der Waals surface area (Å²) in [6, 6.07) is 10.3. The van der Waals surface area contributed by atoms with Crippen LogP contribution in [0.15, 0.2) is 36.5 Å². The van der Waals surface area contributed by atoms with Crippen molar-refractivity contribution in [1.29, 1.82) is 0 Å². The van der Waals surface area contributed by atoms with Gasteiger partial charge in [-0.1, -0.05) is 44.2 Å². The van der Waals surface area contributed by atoms with E-state index in [1.54, 1.807) is 4.90 Å². The summed E-state index contributed by atoms with van der Waals surface area (Å²) in [4.78, 5) is 14.3. The number of anilines is 1. The Labute approximate surface area is 160 Å². The quantitative estimate of drug-likeness (QED) is 0.860. The van der Waals surface area contributed by atoms with E-state index in [9.17, 15) is 4.79 Å². The molecule has 3 aliphatic heterocycles. The van der Waals surface area contributed by atoms with Gasteiger partial charge in [-0.2, -0.15) is 0 Å². The molecule has 3 fully saturated rings. The fraction of sp³-hybridized carbons (Fsp3) is 0.571. The molecule has 6 heteroatoms. The fourth-order valence-corrected chi connectivity index (χ4v) is 4.53. The van der Waals surface area contributed by atoms with Crippen LogP contribution in [0, 0.1) is 11.8 Å². The highest BCUT2D eigenvalue weighted by atomic mass is 16.2. The van der Waals surface area contributed by atoms with Gasteiger partial charge in [0.25, 0.3) is 0 Å². The summed E-state index contributed by atoms with van der Waals surface area (Å²) in [5, 5.41) is 11.8. The summed E-state index contributed by atoms with van der Waals surface area (Å²) >= 11 is 0. The summed E-state index contributed by atoms with van der Waals surface area (Å²) in [5.41, 5.74) is 1.95. The van der Waals surface area contributed by atoms with E-state index in [1.807, 2.05) is 35.0 Å². The Hall–Kier alpha value is -2.21. The molecular weight excluding hydrogens is 338 g/mol. The number of aromatic nitrogens is 3. The Bertz CT molecular complexity index is 794. The summed E-state index contributed by atoms with van der Waals surface area (Å²) in [6.07, 6.45) is 4.32. The first-order valence-electron chi connectivity index (χ1n) is 10.0. The lowest BCUT2D eigenvalue weighted by Crippen LogP contribution is -3.20. The average Bonchev–Trinajstić information content (AvgIpc) is 3.12. The highest BCUT2D eigenvalue weighted by molar-refractivity contribution is 5.92. The van der Waals surface area contributed by atoms with Crippen molar-refractivity contribution in [2.45, 2.75) is 51.6 Å². The number of carbonyl (C=O) groups excluding carboxylic acids is 1. The van der Waals surface area contributed by atoms with Gasteiger partial charge in [0.15, 0.2) is 0 Å². The minimum atomic E-state index is 0.0254. The first-order chi connectivity index (χ1) is 12.9. The molecule has 0 radical (unpaired) electrons. The molecule has 0 saturated carbocycles. The smallest absolute Gasteiger partial charge is 0.233 e. The number of benzene rings is 1. The molecule has 6 nitrogen and oxygen atoms in total. The fourth-order valence-electron chi connectivity index (χ4n) is 4.53. The Kier molecular flexibility index (Phi) is 4.76. The Balaban J connectivity index is 1.39. The van der Waals surface area contributed by atoms with Crippen molar-refractivity contribution < 1.29 is 9.69 Å². The van der Waals surface area contributed by atoms with Gasteiger partial charge in [0.2, 0.25) is 5.91 Å². The van der Waals surface area contributed by atoms with Crippen molar-refractivity contribution >= 4 is 11.6 Å². The zero-order chi connectivity index (χ0) is 19.0. The highest BCUT2D eigenvalue weighted by Crippen LogP contribution is 2.29. The van der Waals surface area contributed by atoms with Crippen molar-refractivity contribution in [1.82, 2.24) is 15.0 Å². The van der Waals surface area contributed by atoms with Crippen molar-refractivity contribution in [2.24, 2.45) is 11.8 Å². The number of quaternary nitrogens is 1. The second-order valence-corrected chi connectivity index (χ2v) is 9.13. The van der Waals surface area contributed by atoms with Crippen molar-refractivity contribution in [2.75, 3.05) is 18.4 Å². The lowest BCUT2D eigenvalue weighted by molar-refractivity contribution is -0.945. The summed E-state index contributed by atoms with van der Waals surface area (Å²) in [7, 11) is 0. The van der Waals surface area contributed by atoms with Crippen LogP contribution in [0.2, 0.25) is 0 Å². The first kappa shape index (κ1) is 18.2. The number of carbonyl (C=O) groups is 1. The molecule has 2 N–H and O–H groups in total. The maximum atomic E-state index is 12.8. The zero-order valence-corrected chi connectivity index (χ0v) is 16.5. The Morgan fingerprint density at radius 3 is 2.70 bits per heavy atom. The van der Waals surface area contributed by atoms with Gasteiger partial charge < -0.3 is 10.2 Å². The van der Waals surface area contributed by atoms with Crippen LogP contribution in [0.1, 0.15) is 39.3 Å². The molecule has 5 rings (SSSR count). The van der Waals surface area contributed by atoms with E-state index in [2.05, 4.69) is 42.6 Å². The van der Waals surface area contributed by atoms with E-state index < -0.39 is 0 Å². The number of hydrogen-bond acceptors (Lipinski definition) is 3. The van der Waals surface area contributed by atoms with Gasteiger partial charge in [-0.25, -0.2) is 4.68 Å². The average molecular weight is 369 g/mol. The van der Waals surface area contributed by atoms with Gasteiger partial charge in [-0.15, -0.1) is 5.10 Å². The van der Waals surface area contributed by atoms with Crippen LogP contribution in [-0.4, -0.2) is 40.0 Å². The zero-order valence-electron chi connectivity index (χ0n) is 16.5. The molecule has 1 unspecified atom stereocenters. The van der Waals surface area contributed by atoms with Crippen LogP contribution in [0.5, 0.6) is 0 Å². The summed E-state index contributed by atoms with van der Waals surface area (Å²) in [5.74, 6) is 0.769. The molecule has 0 aliphatic carbocycles. The molecular formula is C21H30N5O+. The maximum absolute atomic E-state index is 12.8. The second kappa shape index (κ2) is 7.08. The van der Waals surface area contributed by atoms with E-state index in [1.165, 1.54) is 0 Å². The molecule has 1 aromatic carbocycles. The third-order valence-corrected chi connectivity index (χ3v) is 6.14. The van der Waals surface area contributed by atoms with Crippen LogP contribution >= 0.6 is 0 Å². The van der Waals surface area contributed by atoms with E-state index >= 15 is 0 Å². The van der Waals surface area contributed by atoms with Gasteiger partial charge in [0.05, 0.1) is 31.2 Å². The maximum Gasteiger partial charge on any atom is 0.233 e. The molecule has 144 valence electrons. The van der Waals surface area contributed by atoms with Crippen LogP contribution < -0.4 is 10.2 Å². The number of para-hydroxylation sites is 1. The SMILES string of the molecule is CC(C)(C)c1cn(C[C@H]2C[C@@H]3CC[NH+]2C[C@@H]3C(=O)Nc2ccccc2)nn1. The number of amides is 1. The molecule has 2 aromatic rings. The minimum Gasteiger partial charge on any atom is -0.330 e. The first-order valence-corrected chi connectivity index (χ1v) is 10.0. The molecule has 3 aliphatic rings. The van der Waals surface area contributed by atoms with Crippen LogP contribution in [-0.2, 0) is 16.8 Å². The standard InChI is InChI=1S/C21H29N5O/c1-21(2,3)19-14-26(24-23-19)12-17-11-15-9-10-25(17)13-18(15)20(27)22-16-7-5-4-6-8-16/h4-8,14-15,17-18H,9-13H2,1-3H3,(H,22,27)/p+1/t15-,17+,18-/m0/s1. The lowest BCUT2D eigenvalue weighted by atomic mass is 9.75. The number of fused-ring (bicyclic) bond motifs is 3. The van der Waals surface area contributed by atoms with Gasteiger partial charge in [-0.05, 0) is 18.1 Å². The van der Waals surface area contributed by atoms with Gasteiger partial charge in [0, 0.05) is 30.1 Å². The molecule has 1 amide bonds. The molecule has 3 saturated heterocycles. The number of rotatable bonds is 4. The second-order valence-electron chi connectivity index (χ2n) is 9.13. The molecule has 0 spiro atoms. The van der Waals surface area contributed by atoms with Crippen molar-refractivity contribution in [3.8, 4) is 0 Å². The largest absolute Gasteiger partial charge is 0.330 e. The predicted molar refractivity (Wildman–Crippen MR) is 104 cm³/mol. The number of hydrogen-bond donors (Lipinski definition) is 2. The molecule has 27 heavy (non-hydrogen) atoms. The Morgan fingerprint density at radius 1 is 1.30 bits per heavy atom. The summed E-state index contributed by atoms with van der Waals surface area (Å²) < 4.78 is 2.00. The number of nitrogens with zero attached hydrogens (tertiary/aromatic N) is 3. The van der Waals surface area contributed by atoms with Gasteiger partial charge in [-0.3, -0.25) is 4.79 Å². The monoisotopic (exact) mass is 368 g/mol. The third-order valence-electron chi connectivity index (χ3n) is 6.14. The van der Waals surface area contributed by atoms with E-state index in [-0.39, 0.29) is 17.2 Å². The number of nitrogens with one attached hydrogen (secondary N) is 2. The third kappa shape index (κ3) is 3.90. The van der Waals surface area contributed by atoms with E-state index in [4.69, 9.17) is 0 Å². The van der Waals surface area contributed by atoms with E-state index in [0.717, 1.165) is 43.9 Å². The van der Waals surface area contributed by atoms with Crippen molar-refractivity contribution in [3.05, 3.63) is 42.2 Å². The topological polar surface area (TPSA) is 64.2 Å².